The van der Waals surface area contributed by atoms with Gasteiger partial charge in [-0.1, -0.05) is 25.1 Å². The molecule has 1 N–H and O–H groups in total. The second-order valence-corrected chi connectivity index (χ2v) is 3.46. The lowest BCUT2D eigenvalue weighted by atomic mass is 10.2. The van der Waals surface area contributed by atoms with Gasteiger partial charge in [-0.25, -0.2) is 0 Å². The van der Waals surface area contributed by atoms with Gasteiger partial charge in [0.1, 0.15) is 5.75 Å². The Hall–Kier alpha value is -1.02. The van der Waals surface area contributed by atoms with Crippen molar-refractivity contribution in [2.45, 2.75) is 32.8 Å². The van der Waals surface area contributed by atoms with Gasteiger partial charge in [0.15, 0.2) is 0 Å². The normalized spacial score (nSPS) is 12.5. The molecule has 0 aliphatic carbocycles. The Kier molecular flexibility index (Phi) is 4.47. The molecule has 1 aromatic rings. The van der Waals surface area contributed by atoms with Gasteiger partial charge < -0.3 is 9.84 Å². The molecule has 0 saturated heterocycles. The zero-order valence-corrected chi connectivity index (χ0v) is 8.86. The van der Waals surface area contributed by atoms with Crippen LogP contribution < -0.4 is 4.74 Å². The predicted octanol–water partition coefficient (Wildman–Crippen LogP) is 2.53. The van der Waals surface area contributed by atoms with Gasteiger partial charge in [0.2, 0.25) is 0 Å². The molecule has 2 heteroatoms. The lowest BCUT2D eigenvalue weighted by Gasteiger charge is -2.10. The van der Waals surface area contributed by atoms with Crippen LogP contribution in [0.25, 0.3) is 0 Å². The highest BCUT2D eigenvalue weighted by Gasteiger charge is 2.02. The molecular formula is C12H18O2. The average Bonchev–Trinajstić information content (AvgIpc) is 2.20. The summed E-state index contributed by atoms with van der Waals surface area (Å²) in [5.74, 6) is 0.913. The van der Waals surface area contributed by atoms with Gasteiger partial charge in [-0.3, -0.25) is 0 Å². The van der Waals surface area contributed by atoms with E-state index in [2.05, 4.69) is 0 Å². The summed E-state index contributed by atoms with van der Waals surface area (Å²) in [6.07, 6.45) is 1.25. The van der Waals surface area contributed by atoms with E-state index in [4.69, 9.17) is 4.74 Å². The molecule has 1 aromatic carbocycles. The Bertz CT molecular complexity index is 271. The molecule has 0 spiro atoms. The van der Waals surface area contributed by atoms with Crippen molar-refractivity contribution in [2.75, 3.05) is 6.61 Å². The van der Waals surface area contributed by atoms with Crippen LogP contribution in [-0.4, -0.2) is 17.8 Å². The van der Waals surface area contributed by atoms with Gasteiger partial charge in [0.05, 0.1) is 12.7 Å². The van der Waals surface area contributed by atoms with E-state index < -0.39 is 0 Å². The van der Waals surface area contributed by atoms with E-state index in [9.17, 15) is 5.11 Å². The van der Waals surface area contributed by atoms with Crippen LogP contribution in [0.1, 0.15) is 25.3 Å². The fourth-order valence-electron chi connectivity index (χ4n) is 1.23. The van der Waals surface area contributed by atoms with Gasteiger partial charge in [0.25, 0.3) is 0 Å². The maximum absolute atomic E-state index is 9.33. The molecule has 0 aliphatic rings. The molecule has 2 nitrogen and oxygen atoms in total. The molecular weight excluding hydrogens is 176 g/mol. The Labute approximate surface area is 85.5 Å². The van der Waals surface area contributed by atoms with Crippen LogP contribution in [0.5, 0.6) is 5.75 Å². The molecule has 0 amide bonds. The number of para-hydroxylation sites is 1. The molecule has 78 valence electrons. The quantitative estimate of drug-likeness (QED) is 0.780. The molecule has 0 aromatic heterocycles. The average molecular weight is 194 g/mol. The maximum atomic E-state index is 9.33. The second kappa shape index (κ2) is 5.66. The van der Waals surface area contributed by atoms with E-state index >= 15 is 0 Å². The van der Waals surface area contributed by atoms with Crippen molar-refractivity contribution in [3.05, 3.63) is 29.8 Å². The lowest BCUT2D eigenvalue weighted by Crippen LogP contribution is -2.10. The number of aliphatic hydroxyl groups is 1. The van der Waals surface area contributed by atoms with E-state index in [1.54, 1.807) is 0 Å². The molecule has 1 rings (SSSR count). The number of ether oxygens (including phenoxy) is 1. The fourth-order valence-corrected chi connectivity index (χ4v) is 1.23. The van der Waals surface area contributed by atoms with Gasteiger partial charge in [-0.15, -0.1) is 0 Å². The number of rotatable bonds is 5. The number of benzene rings is 1. The first-order valence-electron chi connectivity index (χ1n) is 5.10. The SMILES string of the molecule is CCC(O)CCOc1ccccc1C. The minimum atomic E-state index is -0.237. The zero-order chi connectivity index (χ0) is 10.4. The molecule has 0 bridgehead atoms. The van der Waals surface area contributed by atoms with Crippen molar-refractivity contribution in [1.82, 2.24) is 0 Å². The summed E-state index contributed by atoms with van der Waals surface area (Å²) in [7, 11) is 0. The van der Waals surface area contributed by atoms with Gasteiger partial charge >= 0.3 is 0 Å². The summed E-state index contributed by atoms with van der Waals surface area (Å²) in [5.41, 5.74) is 1.14. The van der Waals surface area contributed by atoms with E-state index in [0.717, 1.165) is 17.7 Å². The van der Waals surface area contributed by atoms with E-state index in [1.165, 1.54) is 0 Å². The number of hydrogen-bond donors (Lipinski definition) is 1. The van der Waals surface area contributed by atoms with E-state index in [0.29, 0.717) is 13.0 Å². The summed E-state index contributed by atoms with van der Waals surface area (Å²) in [5, 5.41) is 9.33. The minimum absolute atomic E-state index is 0.237. The van der Waals surface area contributed by atoms with Crippen molar-refractivity contribution >= 4 is 0 Å². The standard InChI is InChI=1S/C12H18O2/c1-3-11(13)8-9-14-12-7-5-4-6-10(12)2/h4-7,11,13H,3,8-9H2,1-2H3. The number of aliphatic hydroxyl groups excluding tert-OH is 1. The van der Waals surface area contributed by atoms with Crippen LogP contribution in [0.3, 0.4) is 0 Å². The Balaban J connectivity index is 2.35. The first-order valence-corrected chi connectivity index (χ1v) is 5.10. The summed E-state index contributed by atoms with van der Waals surface area (Å²) in [6, 6.07) is 7.92. The van der Waals surface area contributed by atoms with Crippen molar-refractivity contribution in [2.24, 2.45) is 0 Å². The maximum Gasteiger partial charge on any atom is 0.122 e. The summed E-state index contributed by atoms with van der Waals surface area (Å²) >= 11 is 0. The summed E-state index contributed by atoms with van der Waals surface area (Å²) < 4.78 is 5.55. The third-order valence-corrected chi connectivity index (χ3v) is 2.27. The van der Waals surface area contributed by atoms with Crippen LogP contribution >= 0.6 is 0 Å². The predicted molar refractivity (Wildman–Crippen MR) is 57.6 cm³/mol. The Morgan fingerprint density at radius 1 is 1.36 bits per heavy atom. The molecule has 1 atom stereocenters. The summed E-state index contributed by atoms with van der Waals surface area (Å²) in [6.45, 7) is 4.57. The first kappa shape index (κ1) is 11.1. The van der Waals surface area contributed by atoms with Crippen LogP contribution in [0.15, 0.2) is 24.3 Å². The van der Waals surface area contributed by atoms with Gasteiger partial charge in [0, 0.05) is 6.42 Å². The van der Waals surface area contributed by atoms with Crippen molar-refractivity contribution in [1.29, 1.82) is 0 Å². The highest BCUT2D eigenvalue weighted by molar-refractivity contribution is 5.31. The van der Waals surface area contributed by atoms with Crippen molar-refractivity contribution in [3.8, 4) is 5.75 Å². The minimum Gasteiger partial charge on any atom is -0.493 e. The molecule has 1 unspecified atom stereocenters. The fraction of sp³-hybridized carbons (Fsp3) is 0.500. The zero-order valence-electron chi connectivity index (χ0n) is 8.86. The highest BCUT2D eigenvalue weighted by atomic mass is 16.5. The van der Waals surface area contributed by atoms with Crippen molar-refractivity contribution < 1.29 is 9.84 Å². The van der Waals surface area contributed by atoms with Crippen LogP contribution in [0.2, 0.25) is 0 Å². The molecule has 0 aliphatic heterocycles. The molecule has 14 heavy (non-hydrogen) atoms. The van der Waals surface area contributed by atoms with Crippen LogP contribution in [-0.2, 0) is 0 Å². The van der Waals surface area contributed by atoms with Gasteiger partial charge in [-0.05, 0) is 25.0 Å². The molecule has 0 heterocycles. The molecule has 0 saturated carbocycles. The molecule has 0 radical (unpaired) electrons. The second-order valence-electron chi connectivity index (χ2n) is 3.46. The Morgan fingerprint density at radius 2 is 2.07 bits per heavy atom. The first-order chi connectivity index (χ1) is 6.74. The van der Waals surface area contributed by atoms with Gasteiger partial charge in [-0.2, -0.15) is 0 Å². The smallest absolute Gasteiger partial charge is 0.122 e. The topological polar surface area (TPSA) is 29.5 Å². The monoisotopic (exact) mass is 194 g/mol. The largest absolute Gasteiger partial charge is 0.493 e. The number of hydrogen-bond acceptors (Lipinski definition) is 2. The third kappa shape index (κ3) is 3.38. The van der Waals surface area contributed by atoms with Crippen molar-refractivity contribution in [3.63, 3.8) is 0 Å². The summed E-state index contributed by atoms with van der Waals surface area (Å²) in [4.78, 5) is 0. The third-order valence-electron chi connectivity index (χ3n) is 2.27. The van der Waals surface area contributed by atoms with E-state index in [1.807, 2.05) is 38.1 Å². The molecule has 0 fully saturated rings. The Morgan fingerprint density at radius 3 is 2.71 bits per heavy atom. The lowest BCUT2D eigenvalue weighted by molar-refractivity contribution is 0.135. The highest BCUT2D eigenvalue weighted by Crippen LogP contribution is 2.16. The van der Waals surface area contributed by atoms with E-state index in [-0.39, 0.29) is 6.10 Å². The van der Waals surface area contributed by atoms with Crippen LogP contribution in [0.4, 0.5) is 0 Å². The van der Waals surface area contributed by atoms with Crippen LogP contribution in [0, 0.1) is 6.92 Å². The number of aryl methyl sites for hydroxylation is 1.